The Morgan fingerprint density at radius 2 is 1.81 bits per heavy atom. The Bertz CT molecular complexity index is 899. The highest BCUT2D eigenvalue weighted by Gasteiger charge is 2.08. The zero-order chi connectivity index (χ0) is 18.5. The maximum absolute atomic E-state index is 5.82. The molecule has 0 unspecified atom stereocenters. The molecule has 3 rings (SSSR count). The first-order valence-electron chi connectivity index (χ1n) is 7.88. The molecule has 2 heterocycles. The van der Waals surface area contributed by atoms with Crippen LogP contribution in [0.15, 0.2) is 35.5 Å². The molecule has 0 aliphatic heterocycles. The first kappa shape index (κ1) is 17.9. The van der Waals surface area contributed by atoms with E-state index in [9.17, 15) is 0 Å². The number of benzene rings is 1. The van der Waals surface area contributed by atoms with Gasteiger partial charge in [0, 0.05) is 23.1 Å². The Morgan fingerprint density at radius 1 is 1.04 bits per heavy atom. The number of methoxy groups -OCH3 is 1. The summed E-state index contributed by atoms with van der Waals surface area (Å²) in [5, 5.41) is 3.80. The molecule has 0 radical (unpaired) electrons. The lowest BCUT2D eigenvalue weighted by atomic mass is 10.3. The van der Waals surface area contributed by atoms with E-state index in [-0.39, 0.29) is 5.95 Å². The fourth-order valence-electron chi connectivity index (χ4n) is 2.28. The van der Waals surface area contributed by atoms with Gasteiger partial charge in [-0.25, -0.2) is 9.97 Å². The second-order valence-corrected chi connectivity index (χ2v) is 6.45. The molecule has 8 nitrogen and oxygen atoms in total. The number of anilines is 3. The molecule has 0 bridgehead atoms. The Hall–Kier alpha value is -2.94. The first-order valence-corrected chi connectivity index (χ1v) is 8.87. The molecule has 0 aliphatic rings. The molecule has 0 amide bonds. The maximum Gasteiger partial charge on any atom is 0.232 e. The van der Waals surface area contributed by atoms with Crippen LogP contribution in [-0.4, -0.2) is 32.0 Å². The van der Waals surface area contributed by atoms with Crippen molar-refractivity contribution < 1.29 is 4.74 Å². The molecule has 0 fully saturated rings. The molecule has 1 aromatic carbocycles. The van der Waals surface area contributed by atoms with Gasteiger partial charge in [-0.1, -0.05) is 17.8 Å². The minimum Gasteiger partial charge on any atom is -0.497 e. The Morgan fingerprint density at radius 3 is 2.54 bits per heavy atom. The van der Waals surface area contributed by atoms with Crippen molar-refractivity contribution in [1.29, 1.82) is 0 Å². The third kappa shape index (κ3) is 4.79. The molecule has 26 heavy (non-hydrogen) atoms. The van der Waals surface area contributed by atoms with E-state index in [2.05, 4.69) is 30.2 Å². The van der Waals surface area contributed by atoms with Gasteiger partial charge in [-0.3, -0.25) is 0 Å². The van der Waals surface area contributed by atoms with Gasteiger partial charge in [0.05, 0.1) is 12.9 Å². The van der Waals surface area contributed by atoms with Gasteiger partial charge in [-0.2, -0.15) is 15.0 Å². The lowest BCUT2D eigenvalue weighted by molar-refractivity contribution is 0.415. The summed E-state index contributed by atoms with van der Waals surface area (Å²) < 4.78 is 5.21. The van der Waals surface area contributed by atoms with E-state index in [1.54, 1.807) is 7.11 Å². The van der Waals surface area contributed by atoms with E-state index in [1.165, 1.54) is 11.8 Å². The van der Waals surface area contributed by atoms with E-state index in [4.69, 9.17) is 10.5 Å². The SMILES string of the molecule is COc1cccc(Nc2nc(N)nc(CSc3nc(C)cc(C)n3)n2)c1. The average Bonchev–Trinajstić information content (AvgIpc) is 2.59. The number of hydrogen-bond donors (Lipinski definition) is 2. The predicted octanol–water partition coefficient (Wildman–Crippen LogP) is 2.91. The zero-order valence-corrected chi connectivity index (χ0v) is 15.5. The number of hydrogen-bond acceptors (Lipinski definition) is 9. The zero-order valence-electron chi connectivity index (χ0n) is 14.7. The molecule has 0 spiro atoms. The number of ether oxygens (including phenoxy) is 1. The van der Waals surface area contributed by atoms with Gasteiger partial charge in [0.2, 0.25) is 11.9 Å². The smallest absolute Gasteiger partial charge is 0.232 e. The van der Waals surface area contributed by atoms with Gasteiger partial charge in [0.1, 0.15) is 11.6 Å². The summed E-state index contributed by atoms with van der Waals surface area (Å²) in [6, 6.07) is 9.40. The number of nitrogen functional groups attached to an aromatic ring is 1. The van der Waals surface area contributed by atoms with E-state index in [0.717, 1.165) is 22.8 Å². The van der Waals surface area contributed by atoms with Crippen molar-refractivity contribution in [2.24, 2.45) is 0 Å². The highest BCUT2D eigenvalue weighted by atomic mass is 32.2. The third-order valence-corrected chi connectivity index (χ3v) is 4.16. The summed E-state index contributed by atoms with van der Waals surface area (Å²) in [4.78, 5) is 21.5. The summed E-state index contributed by atoms with van der Waals surface area (Å²) in [6.45, 7) is 3.88. The van der Waals surface area contributed by atoms with Gasteiger partial charge in [-0.15, -0.1) is 0 Å². The monoisotopic (exact) mass is 369 g/mol. The van der Waals surface area contributed by atoms with Crippen molar-refractivity contribution in [2.75, 3.05) is 18.2 Å². The quantitative estimate of drug-likeness (QED) is 0.500. The number of aryl methyl sites for hydroxylation is 2. The molecule has 0 aliphatic carbocycles. The summed E-state index contributed by atoms with van der Waals surface area (Å²) in [6.07, 6.45) is 0. The lowest BCUT2D eigenvalue weighted by Crippen LogP contribution is -2.07. The molecule has 0 saturated heterocycles. The Balaban J connectivity index is 1.74. The number of aromatic nitrogens is 5. The minimum absolute atomic E-state index is 0.155. The molecular formula is C17H19N7OS. The number of rotatable bonds is 6. The van der Waals surface area contributed by atoms with E-state index < -0.39 is 0 Å². The van der Waals surface area contributed by atoms with Crippen LogP contribution in [0.5, 0.6) is 5.75 Å². The Kier molecular flexibility index (Phi) is 5.47. The molecule has 0 saturated carbocycles. The van der Waals surface area contributed by atoms with Gasteiger partial charge in [-0.05, 0) is 32.0 Å². The summed E-state index contributed by atoms with van der Waals surface area (Å²) in [5.41, 5.74) is 8.47. The van der Waals surface area contributed by atoms with Crippen LogP contribution in [0.2, 0.25) is 0 Å². The van der Waals surface area contributed by atoms with Crippen LogP contribution in [0.25, 0.3) is 0 Å². The van der Waals surface area contributed by atoms with Crippen LogP contribution >= 0.6 is 11.8 Å². The van der Waals surface area contributed by atoms with Crippen LogP contribution in [0, 0.1) is 13.8 Å². The molecule has 9 heteroatoms. The molecule has 134 valence electrons. The van der Waals surface area contributed by atoms with Crippen LogP contribution < -0.4 is 15.8 Å². The normalized spacial score (nSPS) is 10.6. The van der Waals surface area contributed by atoms with Crippen molar-refractivity contribution in [3.63, 3.8) is 0 Å². The van der Waals surface area contributed by atoms with Crippen LogP contribution in [-0.2, 0) is 5.75 Å². The molecular weight excluding hydrogens is 350 g/mol. The fourth-order valence-corrected chi connectivity index (χ4v) is 3.08. The van der Waals surface area contributed by atoms with Crippen molar-refractivity contribution >= 4 is 29.3 Å². The Labute approximate surface area is 155 Å². The molecule has 3 N–H and O–H groups in total. The lowest BCUT2D eigenvalue weighted by Gasteiger charge is -2.08. The second kappa shape index (κ2) is 7.96. The van der Waals surface area contributed by atoms with Crippen molar-refractivity contribution in [2.45, 2.75) is 24.8 Å². The third-order valence-electron chi connectivity index (χ3n) is 3.32. The van der Waals surface area contributed by atoms with Crippen LogP contribution in [0.1, 0.15) is 17.2 Å². The van der Waals surface area contributed by atoms with E-state index >= 15 is 0 Å². The van der Waals surface area contributed by atoms with Gasteiger partial charge >= 0.3 is 0 Å². The predicted molar refractivity (Wildman–Crippen MR) is 102 cm³/mol. The molecule has 3 aromatic rings. The van der Waals surface area contributed by atoms with Gasteiger partial charge < -0.3 is 15.8 Å². The average molecular weight is 369 g/mol. The highest BCUT2D eigenvalue weighted by Crippen LogP contribution is 2.22. The molecule has 2 aromatic heterocycles. The maximum atomic E-state index is 5.82. The second-order valence-electron chi connectivity index (χ2n) is 5.51. The molecule has 0 atom stereocenters. The highest BCUT2D eigenvalue weighted by molar-refractivity contribution is 7.98. The van der Waals surface area contributed by atoms with E-state index in [0.29, 0.717) is 22.7 Å². The summed E-state index contributed by atoms with van der Waals surface area (Å²) in [7, 11) is 1.62. The number of thioether (sulfide) groups is 1. The van der Waals surface area contributed by atoms with E-state index in [1.807, 2.05) is 44.2 Å². The van der Waals surface area contributed by atoms with Crippen molar-refractivity contribution in [3.05, 3.63) is 47.5 Å². The first-order chi connectivity index (χ1) is 12.5. The largest absolute Gasteiger partial charge is 0.497 e. The van der Waals surface area contributed by atoms with Crippen molar-refractivity contribution in [3.8, 4) is 5.75 Å². The van der Waals surface area contributed by atoms with Gasteiger partial charge in [0.25, 0.3) is 0 Å². The minimum atomic E-state index is 0.155. The van der Waals surface area contributed by atoms with Crippen LogP contribution in [0.4, 0.5) is 17.6 Å². The van der Waals surface area contributed by atoms with Crippen LogP contribution in [0.3, 0.4) is 0 Å². The standard InChI is InChI=1S/C17H19N7OS/c1-10-7-11(2)20-17(19-10)26-9-14-22-15(18)24-16(23-14)21-12-5-4-6-13(8-12)25-3/h4-8H,9H2,1-3H3,(H3,18,21,22,23,24). The fraction of sp³-hybridized carbons (Fsp3) is 0.235. The van der Waals surface area contributed by atoms with Crippen molar-refractivity contribution in [1.82, 2.24) is 24.9 Å². The van der Waals surface area contributed by atoms with Gasteiger partial charge in [0.15, 0.2) is 5.16 Å². The number of nitrogens with two attached hydrogens (primary N) is 1. The number of nitrogens with zero attached hydrogens (tertiary/aromatic N) is 5. The summed E-state index contributed by atoms with van der Waals surface area (Å²) in [5.74, 6) is 2.31. The topological polar surface area (TPSA) is 112 Å². The number of nitrogens with one attached hydrogen (secondary N) is 1. The summed E-state index contributed by atoms with van der Waals surface area (Å²) >= 11 is 1.45.